The zero-order valence-corrected chi connectivity index (χ0v) is 11.9. The first kappa shape index (κ1) is 13.4. The van der Waals surface area contributed by atoms with E-state index in [1.165, 1.54) is 4.88 Å². The minimum atomic E-state index is 0.381. The molecule has 0 radical (unpaired) electrons. The van der Waals surface area contributed by atoms with Gasteiger partial charge in [-0.15, -0.1) is 11.3 Å². The predicted molar refractivity (Wildman–Crippen MR) is 81.5 cm³/mol. The minimum Gasteiger partial charge on any atom is -0.398 e. The SMILES string of the molecule is CC(Cc1cccs1)N(C)c1ccc(C#N)c(N)c1. The lowest BCUT2D eigenvalue weighted by Crippen LogP contribution is -2.30. The molecule has 19 heavy (non-hydrogen) atoms. The second-order valence-corrected chi connectivity index (χ2v) is 5.66. The van der Waals surface area contributed by atoms with Gasteiger partial charge in [-0.3, -0.25) is 0 Å². The molecule has 0 amide bonds. The Hall–Kier alpha value is -1.99. The molecule has 1 heterocycles. The van der Waals surface area contributed by atoms with Crippen molar-refractivity contribution < 1.29 is 0 Å². The number of nitrogen functional groups attached to an aromatic ring is 1. The fraction of sp³-hybridized carbons (Fsp3) is 0.267. The summed E-state index contributed by atoms with van der Waals surface area (Å²) in [5, 5.41) is 11.0. The van der Waals surface area contributed by atoms with E-state index < -0.39 is 0 Å². The van der Waals surface area contributed by atoms with Crippen LogP contribution in [0.4, 0.5) is 11.4 Å². The molecular weight excluding hydrogens is 254 g/mol. The van der Waals surface area contributed by atoms with Gasteiger partial charge in [0.1, 0.15) is 6.07 Å². The number of hydrogen-bond donors (Lipinski definition) is 1. The number of nitriles is 1. The van der Waals surface area contributed by atoms with Crippen LogP contribution in [-0.2, 0) is 6.42 Å². The van der Waals surface area contributed by atoms with Gasteiger partial charge >= 0.3 is 0 Å². The molecule has 1 aromatic carbocycles. The number of anilines is 2. The molecule has 1 unspecified atom stereocenters. The summed E-state index contributed by atoms with van der Waals surface area (Å²) >= 11 is 1.78. The number of thiophene rings is 1. The Labute approximate surface area is 117 Å². The van der Waals surface area contributed by atoms with E-state index in [9.17, 15) is 0 Å². The van der Waals surface area contributed by atoms with Gasteiger partial charge < -0.3 is 10.6 Å². The van der Waals surface area contributed by atoms with Crippen molar-refractivity contribution in [3.05, 3.63) is 46.2 Å². The fourth-order valence-electron chi connectivity index (χ4n) is 1.98. The number of benzene rings is 1. The topological polar surface area (TPSA) is 53.0 Å². The zero-order valence-electron chi connectivity index (χ0n) is 11.1. The van der Waals surface area contributed by atoms with E-state index in [1.54, 1.807) is 17.4 Å². The van der Waals surface area contributed by atoms with Gasteiger partial charge in [-0.05, 0) is 36.6 Å². The summed E-state index contributed by atoms with van der Waals surface area (Å²) in [6, 6.07) is 12.3. The maximum absolute atomic E-state index is 8.89. The van der Waals surface area contributed by atoms with Crippen LogP contribution in [0.3, 0.4) is 0 Å². The van der Waals surface area contributed by atoms with Crippen LogP contribution in [0, 0.1) is 11.3 Å². The van der Waals surface area contributed by atoms with Crippen molar-refractivity contribution in [3.8, 4) is 6.07 Å². The van der Waals surface area contributed by atoms with E-state index in [0.717, 1.165) is 12.1 Å². The summed E-state index contributed by atoms with van der Waals surface area (Å²) in [5.74, 6) is 0. The third kappa shape index (κ3) is 3.07. The molecule has 0 spiro atoms. The molecule has 0 saturated heterocycles. The third-order valence-electron chi connectivity index (χ3n) is 3.30. The first-order chi connectivity index (χ1) is 9.11. The number of rotatable bonds is 4. The molecule has 0 aliphatic rings. The van der Waals surface area contributed by atoms with Crippen LogP contribution in [0.25, 0.3) is 0 Å². The van der Waals surface area contributed by atoms with Crippen LogP contribution in [-0.4, -0.2) is 13.1 Å². The maximum atomic E-state index is 8.89. The average Bonchev–Trinajstić information content (AvgIpc) is 2.90. The Bertz CT molecular complexity index is 584. The van der Waals surface area contributed by atoms with Crippen molar-refractivity contribution in [2.24, 2.45) is 0 Å². The molecule has 98 valence electrons. The molecular formula is C15H17N3S. The highest BCUT2D eigenvalue weighted by Gasteiger charge is 2.12. The molecule has 0 bridgehead atoms. The van der Waals surface area contributed by atoms with Gasteiger partial charge in [0.25, 0.3) is 0 Å². The first-order valence-electron chi connectivity index (χ1n) is 6.16. The van der Waals surface area contributed by atoms with Crippen LogP contribution in [0.15, 0.2) is 35.7 Å². The predicted octanol–water partition coefficient (Wildman–Crippen LogP) is 3.27. The normalized spacial score (nSPS) is 11.8. The van der Waals surface area contributed by atoms with Crippen LogP contribution < -0.4 is 10.6 Å². The second kappa shape index (κ2) is 5.77. The molecule has 4 heteroatoms. The Morgan fingerprint density at radius 1 is 1.42 bits per heavy atom. The summed E-state index contributed by atoms with van der Waals surface area (Å²) in [7, 11) is 2.05. The lowest BCUT2D eigenvalue weighted by molar-refractivity contribution is 0.688. The van der Waals surface area contributed by atoms with E-state index >= 15 is 0 Å². The van der Waals surface area contributed by atoms with E-state index in [4.69, 9.17) is 11.0 Å². The van der Waals surface area contributed by atoms with E-state index in [1.807, 2.05) is 12.1 Å². The number of hydrogen-bond acceptors (Lipinski definition) is 4. The Morgan fingerprint density at radius 3 is 2.79 bits per heavy atom. The summed E-state index contributed by atoms with van der Waals surface area (Å²) in [6.07, 6.45) is 1.01. The van der Waals surface area contributed by atoms with Crippen molar-refractivity contribution in [2.75, 3.05) is 17.7 Å². The Morgan fingerprint density at radius 2 is 2.21 bits per heavy atom. The van der Waals surface area contributed by atoms with Crippen molar-refractivity contribution in [1.82, 2.24) is 0 Å². The zero-order chi connectivity index (χ0) is 13.8. The van der Waals surface area contributed by atoms with Gasteiger partial charge in [-0.2, -0.15) is 5.26 Å². The maximum Gasteiger partial charge on any atom is 0.101 e. The van der Waals surface area contributed by atoms with Crippen LogP contribution >= 0.6 is 11.3 Å². The van der Waals surface area contributed by atoms with E-state index in [0.29, 0.717) is 17.3 Å². The molecule has 2 rings (SSSR count). The smallest absolute Gasteiger partial charge is 0.101 e. The lowest BCUT2D eigenvalue weighted by atomic mass is 10.1. The molecule has 3 nitrogen and oxygen atoms in total. The quantitative estimate of drug-likeness (QED) is 0.868. The van der Waals surface area contributed by atoms with Gasteiger partial charge in [0.15, 0.2) is 0 Å². The molecule has 1 atom stereocenters. The van der Waals surface area contributed by atoms with Crippen molar-refractivity contribution >= 4 is 22.7 Å². The molecule has 2 aromatic rings. The largest absolute Gasteiger partial charge is 0.398 e. The van der Waals surface area contributed by atoms with Crippen molar-refractivity contribution in [3.63, 3.8) is 0 Å². The minimum absolute atomic E-state index is 0.381. The Kier molecular flexibility index (Phi) is 4.08. The monoisotopic (exact) mass is 271 g/mol. The molecule has 2 N–H and O–H groups in total. The average molecular weight is 271 g/mol. The van der Waals surface area contributed by atoms with Crippen LogP contribution in [0.2, 0.25) is 0 Å². The number of likely N-dealkylation sites (N-methyl/N-ethyl adjacent to an activating group) is 1. The number of nitrogens with two attached hydrogens (primary N) is 1. The van der Waals surface area contributed by atoms with Crippen LogP contribution in [0.1, 0.15) is 17.4 Å². The van der Waals surface area contributed by atoms with Crippen LogP contribution in [0.5, 0.6) is 0 Å². The second-order valence-electron chi connectivity index (χ2n) is 4.63. The third-order valence-corrected chi connectivity index (χ3v) is 4.20. The summed E-state index contributed by atoms with van der Waals surface area (Å²) in [6.45, 7) is 2.19. The van der Waals surface area contributed by atoms with Gasteiger partial charge in [-0.1, -0.05) is 6.07 Å². The molecule has 0 aliphatic heterocycles. The van der Waals surface area contributed by atoms with Gasteiger partial charge in [0.05, 0.1) is 11.3 Å². The summed E-state index contributed by atoms with van der Waals surface area (Å²) in [4.78, 5) is 3.57. The van der Waals surface area contributed by atoms with Crippen molar-refractivity contribution in [1.29, 1.82) is 5.26 Å². The Balaban J connectivity index is 2.13. The highest BCUT2D eigenvalue weighted by Crippen LogP contribution is 2.23. The van der Waals surface area contributed by atoms with Gasteiger partial charge in [-0.25, -0.2) is 0 Å². The molecule has 0 aliphatic carbocycles. The van der Waals surface area contributed by atoms with Gasteiger partial charge in [0, 0.05) is 30.1 Å². The molecule has 1 aromatic heterocycles. The van der Waals surface area contributed by atoms with Crippen molar-refractivity contribution in [2.45, 2.75) is 19.4 Å². The van der Waals surface area contributed by atoms with E-state index in [-0.39, 0.29) is 0 Å². The molecule has 0 fully saturated rings. The first-order valence-corrected chi connectivity index (χ1v) is 7.04. The van der Waals surface area contributed by atoms with Gasteiger partial charge in [0.2, 0.25) is 0 Å². The standard InChI is InChI=1S/C15H17N3S/c1-11(8-14-4-3-7-19-14)18(2)13-6-5-12(10-16)15(17)9-13/h3-7,9,11H,8,17H2,1-2H3. The highest BCUT2D eigenvalue weighted by atomic mass is 32.1. The number of nitrogens with zero attached hydrogens (tertiary/aromatic N) is 2. The van der Waals surface area contributed by atoms with E-state index in [2.05, 4.69) is 42.5 Å². The lowest BCUT2D eigenvalue weighted by Gasteiger charge is -2.27. The summed E-state index contributed by atoms with van der Waals surface area (Å²) in [5.41, 5.74) is 7.97. The summed E-state index contributed by atoms with van der Waals surface area (Å²) < 4.78 is 0. The molecule has 0 saturated carbocycles. The fourth-order valence-corrected chi connectivity index (χ4v) is 2.81. The highest BCUT2D eigenvalue weighted by molar-refractivity contribution is 7.09.